The standard InChI is InChI=1S/C16H21N3O2/c1-16(21)7-4-9-19(10-8-16)11-14-17-13-6-3-2-5-12(13)15(20)18-14/h2-3,5-6,21H,4,7-11H2,1H3,(H,17,18,20). The van der Waals surface area contributed by atoms with Gasteiger partial charge in [0.05, 0.1) is 23.0 Å². The molecule has 5 heteroatoms. The van der Waals surface area contributed by atoms with Gasteiger partial charge in [-0.15, -0.1) is 0 Å². The highest BCUT2D eigenvalue weighted by Gasteiger charge is 2.25. The quantitative estimate of drug-likeness (QED) is 0.881. The van der Waals surface area contributed by atoms with Crippen molar-refractivity contribution < 1.29 is 5.11 Å². The SMILES string of the molecule is CC1(O)CCCN(Cc2nc3ccccc3c(=O)[nH]2)CC1. The second-order valence-corrected chi connectivity index (χ2v) is 6.16. The van der Waals surface area contributed by atoms with E-state index in [9.17, 15) is 9.90 Å². The minimum Gasteiger partial charge on any atom is -0.390 e. The number of likely N-dealkylation sites (tertiary alicyclic amines) is 1. The molecule has 0 spiro atoms. The Morgan fingerprint density at radius 1 is 1.33 bits per heavy atom. The molecule has 1 aliphatic rings. The molecule has 2 aromatic rings. The maximum Gasteiger partial charge on any atom is 0.258 e. The Labute approximate surface area is 123 Å². The Hall–Kier alpha value is -1.72. The normalized spacial score (nSPS) is 24.1. The molecule has 1 aliphatic heterocycles. The first-order valence-electron chi connectivity index (χ1n) is 7.46. The maximum atomic E-state index is 12.1. The molecule has 5 nitrogen and oxygen atoms in total. The lowest BCUT2D eigenvalue weighted by Crippen LogP contribution is -2.29. The number of nitrogens with zero attached hydrogens (tertiary/aromatic N) is 2. The average Bonchev–Trinajstić information content (AvgIpc) is 2.60. The number of H-pyrrole nitrogens is 1. The van der Waals surface area contributed by atoms with Gasteiger partial charge in [0.25, 0.3) is 5.56 Å². The first-order chi connectivity index (χ1) is 10.0. The topological polar surface area (TPSA) is 69.2 Å². The van der Waals surface area contributed by atoms with E-state index in [2.05, 4.69) is 14.9 Å². The van der Waals surface area contributed by atoms with Gasteiger partial charge in [0, 0.05) is 6.54 Å². The number of aromatic nitrogens is 2. The number of benzene rings is 1. The van der Waals surface area contributed by atoms with E-state index in [1.807, 2.05) is 25.1 Å². The third kappa shape index (κ3) is 3.31. The van der Waals surface area contributed by atoms with E-state index >= 15 is 0 Å². The van der Waals surface area contributed by atoms with Crippen LogP contribution in [-0.2, 0) is 6.54 Å². The molecule has 2 N–H and O–H groups in total. The van der Waals surface area contributed by atoms with Crippen LogP contribution in [0.3, 0.4) is 0 Å². The Balaban J connectivity index is 1.80. The summed E-state index contributed by atoms with van der Waals surface area (Å²) in [4.78, 5) is 21.7. The smallest absolute Gasteiger partial charge is 0.258 e. The van der Waals surface area contributed by atoms with Crippen LogP contribution in [-0.4, -0.2) is 38.7 Å². The molecule has 3 rings (SSSR count). The monoisotopic (exact) mass is 287 g/mol. The molecule has 21 heavy (non-hydrogen) atoms. The summed E-state index contributed by atoms with van der Waals surface area (Å²) < 4.78 is 0. The van der Waals surface area contributed by atoms with E-state index in [1.54, 1.807) is 6.07 Å². The van der Waals surface area contributed by atoms with Gasteiger partial charge in [0.2, 0.25) is 0 Å². The fourth-order valence-corrected chi connectivity index (χ4v) is 2.90. The van der Waals surface area contributed by atoms with Crippen LogP contribution in [0.2, 0.25) is 0 Å². The Morgan fingerprint density at radius 2 is 2.14 bits per heavy atom. The van der Waals surface area contributed by atoms with Crippen molar-refractivity contribution in [3.63, 3.8) is 0 Å². The fraction of sp³-hybridized carbons (Fsp3) is 0.500. The molecule has 1 saturated heterocycles. The minimum atomic E-state index is -0.570. The summed E-state index contributed by atoms with van der Waals surface area (Å²) in [7, 11) is 0. The summed E-state index contributed by atoms with van der Waals surface area (Å²) in [5.41, 5.74) is 0.0781. The number of nitrogens with one attached hydrogen (secondary N) is 1. The maximum absolute atomic E-state index is 12.1. The first kappa shape index (κ1) is 14.2. The van der Waals surface area contributed by atoms with Gasteiger partial charge in [-0.05, 0) is 44.9 Å². The summed E-state index contributed by atoms with van der Waals surface area (Å²) >= 11 is 0. The second-order valence-electron chi connectivity index (χ2n) is 6.16. The van der Waals surface area contributed by atoms with Crippen molar-refractivity contribution in [1.82, 2.24) is 14.9 Å². The summed E-state index contributed by atoms with van der Waals surface area (Å²) in [6.07, 6.45) is 2.54. The highest BCUT2D eigenvalue weighted by Crippen LogP contribution is 2.22. The van der Waals surface area contributed by atoms with Crippen molar-refractivity contribution in [1.29, 1.82) is 0 Å². The van der Waals surface area contributed by atoms with Gasteiger partial charge >= 0.3 is 0 Å². The minimum absolute atomic E-state index is 0.0857. The number of aliphatic hydroxyl groups is 1. The molecule has 0 amide bonds. The number of hydrogen-bond acceptors (Lipinski definition) is 4. The molecule has 2 heterocycles. The average molecular weight is 287 g/mol. The van der Waals surface area contributed by atoms with Crippen LogP contribution < -0.4 is 5.56 Å². The molecule has 1 unspecified atom stereocenters. The zero-order valence-corrected chi connectivity index (χ0v) is 12.3. The molecule has 1 fully saturated rings. The third-order valence-electron chi connectivity index (χ3n) is 4.19. The predicted molar refractivity (Wildman–Crippen MR) is 82.1 cm³/mol. The summed E-state index contributed by atoms with van der Waals surface area (Å²) in [6, 6.07) is 7.38. The highest BCUT2D eigenvalue weighted by molar-refractivity contribution is 5.77. The third-order valence-corrected chi connectivity index (χ3v) is 4.19. The van der Waals surface area contributed by atoms with Gasteiger partial charge in [0.1, 0.15) is 5.82 Å². The number of hydrogen-bond donors (Lipinski definition) is 2. The van der Waals surface area contributed by atoms with Gasteiger partial charge in [-0.25, -0.2) is 4.98 Å². The van der Waals surface area contributed by atoms with Gasteiger partial charge in [-0.3, -0.25) is 9.69 Å². The van der Waals surface area contributed by atoms with E-state index in [-0.39, 0.29) is 5.56 Å². The van der Waals surface area contributed by atoms with Crippen molar-refractivity contribution in [2.45, 2.75) is 38.3 Å². The van der Waals surface area contributed by atoms with Crippen LogP contribution in [0.5, 0.6) is 0 Å². The number of para-hydroxylation sites is 1. The van der Waals surface area contributed by atoms with Gasteiger partial charge in [-0.2, -0.15) is 0 Å². The number of aromatic amines is 1. The Bertz CT molecular complexity index is 693. The Kier molecular flexibility index (Phi) is 3.78. The van der Waals surface area contributed by atoms with Crippen LogP contribution in [0.25, 0.3) is 10.9 Å². The van der Waals surface area contributed by atoms with Gasteiger partial charge in [-0.1, -0.05) is 12.1 Å². The molecular weight excluding hydrogens is 266 g/mol. The molecular formula is C16H21N3O2. The molecule has 0 aliphatic carbocycles. The van der Waals surface area contributed by atoms with Crippen molar-refractivity contribution >= 4 is 10.9 Å². The lowest BCUT2D eigenvalue weighted by atomic mass is 9.98. The van der Waals surface area contributed by atoms with E-state index in [0.29, 0.717) is 17.8 Å². The van der Waals surface area contributed by atoms with Crippen LogP contribution >= 0.6 is 0 Å². The predicted octanol–water partition coefficient (Wildman–Crippen LogP) is 1.66. The van der Waals surface area contributed by atoms with Crippen molar-refractivity contribution in [2.75, 3.05) is 13.1 Å². The summed E-state index contributed by atoms with van der Waals surface area (Å²) in [5.74, 6) is 0.695. The Morgan fingerprint density at radius 3 is 3.00 bits per heavy atom. The lowest BCUT2D eigenvalue weighted by molar-refractivity contribution is 0.0443. The molecule has 0 saturated carbocycles. The summed E-state index contributed by atoms with van der Waals surface area (Å²) in [5, 5.41) is 10.7. The van der Waals surface area contributed by atoms with Crippen LogP contribution in [0.1, 0.15) is 32.0 Å². The fourth-order valence-electron chi connectivity index (χ4n) is 2.90. The van der Waals surface area contributed by atoms with Crippen molar-refractivity contribution in [3.05, 3.63) is 40.4 Å². The summed E-state index contributed by atoms with van der Waals surface area (Å²) in [6.45, 7) is 4.26. The first-order valence-corrected chi connectivity index (χ1v) is 7.46. The van der Waals surface area contributed by atoms with Crippen molar-refractivity contribution in [3.8, 4) is 0 Å². The molecule has 1 aromatic heterocycles. The highest BCUT2D eigenvalue weighted by atomic mass is 16.3. The van der Waals surface area contributed by atoms with E-state index in [4.69, 9.17) is 0 Å². The van der Waals surface area contributed by atoms with Crippen LogP contribution in [0, 0.1) is 0 Å². The van der Waals surface area contributed by atoms with E-state index < -0.39 is 5.60 Å². The second kappa shape index (κ2) is 5.58. The molecule has 112 valence electrons. The van der Waals surface area contributed by atoms with Gasteiger partial charge in [0.15, 0.2) is 0 Å². The van der Waals surface area contributed by atoms with Gasteiger partial charge < -0.3 is 10.1 Å². The number of rotatable bonds is 2. The zero-order valence-electron chi connectivity index (χ0n) is 12.3. The molecule has 0 radical (unpaired) electrons. The lowest BCUT2D eigenvalue weighted by Gasteiger charge is -2.22. The van der Waals surface area contributed by atoms with Crippen LogP contribution in [0.15, 0.2) is 29.1 Å². The number of fused-ring (bicyclic) bond motifs is 1. The van der Waals surface area contributed by atoms with Crippen LogP contribution in [0.4, 0.5) is 0 Å². The largest absolute Gasteiger partial charge is 0.390 e. The molecule has 1 aromatic carbocycles. The van der Waals surface area contributed by atoms with E-state index in [1.165, 1.54) is 0 Å². The molecule has 0 bridgehead atoms. The van der Waals surface area contributed by atoms with E-state index in [0.717, 1.165) is 37.9 Å². The zero-order chi connectivity index (χ0) is 14.9. The van der Waals surface area contributed by atoms with Crippen molar-refractivity contribution in [2.24, 2.45) is 0 Å². The molecule has 1 atom stereocenters.